The average molecular weight is 413 g/mol. The van der Waals surface area contributed by atoms with E-state index in [0.29, 0.717) is 3.79 Å². The van der Waals surface area contributed by atoms with E-state index in [1.807, 2.05) is 0 Å². The molecular formula is C13H12BrClFNO2S2. The maximum atomic E-state index is 13.9. The van der Waals surface area contributed by atoms with Crippen molar-refractivity contribution in [1.29, 1.82) is 0 Å². The highest BCUT2D eigenvalue weighted by Gasteiger charge is 2.29. The molecule has 21 heavy (non-hydrogen) atoms. The lowest BCUT2D eigenvalue weighted by Gasteiger charge is -2.23. The predicted octanol–water partition coefficient (Wildman–Crippen LogP) is 4.60. The van der Waals surface area contributed by atoms with E-state index in [1.54, 1.807) is 13.0 Å². The first-order valence-corrected chi connectivity index (χ1v) is 9.61. The zero-order valence-electron chi connectivity index (χ0n) is 11.0. The lowest BCUT2D eigenvalue weighted by molar-refractivity contribution is 0.586. The maximum absolute atomic E-state index is 13.9. The molecule has 1 aromatic carbocycles. The number of sulfonamides is 1. The van der Waals surface area contributed by atoms with Crippen molar-refractivity contribution >= 4 is 54.6 Å². The largest absolute Gasteiger partial charge is 0.266 e. The number of hydrogen-bond donors (Lipinski definition) is 0. The second kappa shape index (κ2) is 6.64. The SMILES string of the molecule is CCN(c1ccccc1F)S(=O)(=O)c1cc(CCl)sc1Br. The first-order chi connectivity index (χ1) is 9.91. The molecule has 0 N–H and O–H groups in total. The summed E-state index contributed by atoms with van der Waals surface area (Å²) in [5, 5.41) is 0. The highest BCUT2D eigenvalue weighted by atomic mass is 79.9. The Balaban J connectivity index is 2.55. The smallest absolute Gasteiger partial charge is 0.264 e. The van der Waals surface area contributed by atoms with Crippen molar-refractivity contribution in [3.63, 3.8) is 0 Å². The van der Waals surface area contributed by atoms with Crippen LogP contribution in [-0.2, 0) is 15.9 Å². The van der Waals surface area contributed by atoms with Gasteiger partial charge in [0.2, 0.25) is 0 Å². The normalized spacial score (nSPS) is 11.6. The fourth-order valence-corrected chi connectivity index (χ4v) is 6.09. The van der Waals surface area contributed by atoms with Crippen LogP contribution in [0.4, 0.5) is 10.1 Å². The lowest BCUT2D eigenvalue weighted by atomic mass is 10.3. The number of rotatable bonds is 5. The van der Waals surface area contributed by atoms with Crippen LogP contribution in [0.2, 0.25) is 0 Å². The summed E-state index contributed by atoms with van der Waals surface area (Å²) in [5.74, 6) is -0.350. The Labute approximate surface area is 140 Å². The van der Waals surface area contributed by atoms with Crippen LogP contribution in [-0.4, -0.2) is 15.0 Å². The standard InChI is InChI=1S/C13H12BrClFNO2S2/c1-2-17(11-6-4-3-5-10(11)16)21(18,19)12-7-9(8-15)20-13(12)14/h3-7H,2,8H2,1H3. The van der Waals surface area contributed by atoms with Gasteiger partial charge in [0.05, 0.1) is 15.4 Å². The Morgan fingerprint density at radius 1 is 1.38 bits per heavy atom. The molecule has 0 aliphatic carbocycles. The van der Waals surface area contributed by atoms with Crippen molar-refractivity contribution in [2.24, 2.45) is 0 Å². The Kier molecular flexibility index (Phi) is 5.29. The number of benzene rings is 1. The molecule has 8 heteroatoms. The molecular weight excluding hydrogens is 401 g/mol. The monoisotopic (exact) mass is 411 g/mol. The molecule has 1 heterocycles. The van der Waals surface area contributed by atoms with Gasteiger partial charge in [-0.1, -0.05) is 12.1 Å². The molecule has 0 spiro atoms. The molecule has 0 unspecified atom stereocenters. The highest BCUT2D eigenvalue weighted by molar-refractivity contribution is 9.11. The van der Waals surface area contributed by atoms with E-state index in [-0.39, 0.29) is 23.0 Å². The van der Waals surface area contributed by atoms with Gasteiger partial charge in [-0.25, -0.2) is 12.8 Å². The molecule has 0 aliphatic rings. The van der Waals surface area contributed by atoms with E-state index in [9.17, 15) is 12.8 Å². The van der Waals surface area contributed by atoms with Gasteiger partial charge in [0.15, 0.2) is 0 Å². The fraction of sp³-hybridized carbons (Fsp3) is 0.231. The molecule has 114 valence electrons. The van der Waals surface area contributed by atoms with Gasteiger partial charge in [0.1, 0.15) is 10.7 Å². The van der Waals surface area contributed by atoms with Crippen molar-refractivity contribution in [3.8, 4) is 0 Å². The molecule has 0 atom stereocenters. The molecule has 0 aliphatic heterocycles. The van der Waals surface area contributed by atoms with Gasteiger partial charge < -0.3 is 0 Å². The van der Waals surface area contributed by atoms with E-state index in [4.69, 9.17) is 11.6 Å². The van der Waals surface area contributed by atoms with Crippen LogP contribution in [0.15, 0.2) is 39.0 Å². The number of anilines is 1. The Bertz CT molecular complexity index is 748. The van der Waals surface area contributed by atoms with E-state index >= 15 is 0 Å². The minimum Gasteiger partial charge on any atom is -0.264 e. The van der Waals surface area contributed by atoms with Crippen LogP contribution in [0.3, 0.4) is 0 Å². The van der Waals surface area contributed by atoms with Gasteiger partial charge >= 0.3 is 0 Å². The van der Waals surface area contributed by atoms with E-state index < -0.39 is 15.8 Å². The third kappa shape index (κ3) is 3.26. The van der Waals surface area contributed by atoms with Crippen LogP contribution in [0.25, 0.3) is 0 Å². The zero-order valence-corrected chi connectivity index (χ0v) is 15.0. The van der Waals surface area contributed by atoms with Crippen molar-refractivity contribution in [1.82, 2.24) is 0 Å². The number of halogens is 3. The molecule has 0 saturated heterocycles. The third-order valence-corrected chi connectivity index (χ3v) is 7.40. The summed E-state index contributed by atoms with van der Waals surface area (Å²) in [6.45, 7) is 1.79. The fourth-order valence-electron chi connectivity index (χ4n) is 1.88. The summed E-state index contributed by atoms with van der Waals surface area (Å²) in [6.07, 6.45) is 0. The quantitative estimate of drug-likeness (QED) is 0.673. The minimum absolute atomic E-state index is 0.0329. The number of thiophene rings is 1. The minimum atomic E-state index is -3.85. The molecule has 0 radical (unpaired) electrons. The Hall–Kier alpha value is -0.630. The van der Waals surface area contributed by atoms with E-state index in [1.165, 1.54) is 35.6 Å². The van der Waals surface area contributed by atoms with Crippen LogP contribution < -0.4 is 4.31 Å². The predicted molar refractivity (Wildman–Crippen MR) is 88.2 cm³/mol. The third-order valence-electron chi connectivity index (χ3n) is 2.81. The summed E-state index contributed by atoms with van der Waals surface area (Å²) >= 11 is 10.2. The molecule has 1 aromatic heterocycles. The van der Waals surface area contributed by atoms with Crippen molar-refractivity contribution in [2.45, 2.75) is 17.7 Å². The van der Waals surface area contributed by atoms with Crippen LogP contribution in [0, 0.1) is 5.82 Å². The van der Waals surface area contributed by atoms with E-state index in [0.717, 1.165) is 9.18 Å². The van der Waals surface area contributed by atoms with Crippen molar-refractivity contribution in [2.75, 3.05) is 10.8 Å². The summed E-state index contributed by atoms with van der Waals surface area (Å²) in [6, 6.07) is 7.31. The zero-order chi connectivity index (χ0) is 15.6. The van der Waals surface area contributed by atoms with E-state index in [2.05, 4.69) is 15.9 Å². The first-order valence-electron chi connectivity index (χ1n) is 6.03. The van der Waals surface area contributed by atoms with Crippen molar-refractivity contribution < 1.29 is 12.8 Å². The molecule has 2 aromatic rings. The Morgan fingerprint density at radius 2 is 2.05 bits per heavy atom. The average Bonchev–Trinajstić information content (AvgIpc) is 2.83. The molecule has 3 nitrogen and oxygen atoms in total. The second-order valence-corrected chi connectivity index (χ2v) is 8.66. The van der Waals surface area contributed by atoms with Gasteiger partial charge in [0, 0.05) is 11.4 Å². The van der Waals surface area contributed by atoms with Gasteiger partial charge in [-0.3, -0.25) is 4.31 Å². The van der Waals surface area contributed by atoms with Crippen LogP contribution in [0.1, 0.15) is 11.8 Å². The molecule has 0 amide bonds. The van der Waals surface area contributed by atoms with Gasteiger partial charge in [-0.15, -0.1) is 22.9 Å². The summed E-state index contributed by atoms with van der Waals surface area (Å²) in [5.41, 5.74) is 0.0329. The summed E-state index contributed by atoms with van der Waals surface area (Å²) in [7, 11) is -3.85. The number of alkyl halides is 1. The first kappa shape index (κ1) is 16.7. The van der Waals surface area contributed by atoms with Crippen LogP contribution >= 0.6 is 38.9 Å². The second-order valence-electron chi connectivity index (χ2n) is 4.11. The van der Waals surface area contributed by atoms with Crippen LogP contribution in [0.5, 0.6) is 0 Å². The number of para-hydroxylation sites is 1. The number of hydrogen-bond acceptors (Lipinski definition) is 3. The van der Waals surface area contributed by atoms with Crippen molar-refractivity contribution in [3.05, 3.63) is 44.8 Å². The maximum Gasteiger partial charge on any atom is 0.266 e. The van der Waals surface area contributed by atoms with Gasteiger partial charge in [-0.05, 0) is 41.1 Å². The molecule has 0 saturated carbocycles. The molecule has 2 rings (SSSR count). The summed E-state index contributed by atoms with van der Waals surface area (Å²) < 4.78 is 40.9. The topological polar surface area (TPSA) is 37.4 Å². The lowest BCUT2D eigenvalue weighted by Crippen LogP contribution is -2.31. The van der Waals surface area contributed by atoms with Gasteiger partial charge in [0.25, 0.3) is 10.0 Å². The molecule has 0 bridgehead atoms. The highest BCUT2D eigenvalue weighted by Crippen LogP contribution is 2.36. The summed E-state index contributed by atoms with van der Waals surface area (Å²) in [4.78, 5) is 0.833. The molecule has 0 fully saturated rings. The number of nitrogens with zero attached hydrogens (tertiary/aromatic N) is 1. The van der Waals surface area contributed by atoms with Gasteiger partial charge in [-0.2, -0.15) is 0 Å². The Morgan fingerprint density at radius 3 is 2.57 bits per heavy atom.